The van der Waals surface area contributed by atoms with E-state index in [0.717, 1.165) is 0 Å². The molecule has 0 spiro atoms. The number of nitrogens with zero attached hydrogens (tertiary/aromatic N) is 4. The average Bonchev–Trinajstić information content (AvgIpc) is 3.09. The van der Waals surface area contributed by atoms with Gasteiger partial charge in [-0.1, -0.05) is 29.8 Å². The van der Waals surface area contributed by atoms with Gasteiger partial charge in [-0.05, 0) is 24.3 Å². The molecule has 0 amide bonds. The van der Waals surface area contributed by atoms with E-state index in [9.17, 15) is 4.79 Å². The number of hydrogen-bond donors (Lipinski definition) is 2. The van der Waals surface area contributed by atoms with Crippen LogP contribution in [0.4, 0.5) is 5.82 Å². The minimum Gasteiger partial charge on any atom is -0.402 e. The van der Waals surface area contributed by atoms with Crippen LogP contribution in [0.15, 0.2) is 65.6 Å². The Morgan fingerprint density at radius 3 is 2.62 bits per heavy atom. The maximum atomic E-state index is 12.2. The first-order chi connectivity index (χ1) is 14.1. The lowest BCUT2D eigenvalue weighted by Crippen LogP contribution is -2.48. The van der Waals surface area contributed by atoms with Crippen LogP contribution in [0.1, 0.15) is 5.56 Å². The molecule has 4 rings (SSSR count). The number of aromatic nitrogens is 1. The van der Waals surface area contributed by atoms with Gasteiger partial charge in [-0.25, -0.2) is 14.8 Å². The third-order valence-corrected chi connectivity index (χ3v) is 4.90. The number of piperazine rings is 1. The lowest BCUT2D eigenvalue weighted by Gasteiger charge is -2.35. The molecule has 2 aliphatic heterocycles. The predicted octanol–water partition coefficient (Wildman–Crippen LogP) is 2.54. The SMILES string of the molecule is N=C(Nc1ccccn1)N1CCN(C=C2N=C(c3ccccc3Cl)OC2=O)CC1. The first-order valence-electron chi connectivity index (χ1n) is 9.13. The van der Waals surface area contributed by atoms with Crippen molar-refractivity contribution >= 4 is 35.2 Å². The highest BCUT2D eigenvalue weighted by molar-refractivity contribution is 6.34. The molecule has 2 aliphatic rings. The Labute approximate surface area is 173 Å². The maximum Gasteiger partial charge on any atom is 0.365 e. The summed E-state index contributed by atoms with van der Waals surface area (Å²) < 4.78 is 5.28. The van der Waals surface area contributed by atoms with Crippen LogP contribution in [0, 0.1) is 5.41 Å². The minimum absolute atomic E-state index is 0.215. The van der Waals surface area contributed by atoms with Gasteiger partial charge in [0.05, 0.1) is 10.6 Å². The van der Waals surface area contributed by atoms with Crippen LogP contribution >= 0.6 is 11.6 Å². The maximum absolute atomic E-state index is 12.2. The summed E-state index contributed by atoms with van der Waals surface area (Å²) in [4.78, 5) is 24.6. The second-order valence-corrected chi connectivity index (χ2v) is 6.92. The Morgan fingerprint density at radius 2 is 1.90 bits per heavy atom. The van der Waals surface area contributed by atoms with Crippen LogP contribution in [-0.4, -0.2) is 58.8 Å². The van der Waals surface area contributed by atoms with Gasteiger partial charge in [0, 0.05) is 38.6 Å². The summed E-state index contributed by atoms with van der Waals surface area (Å²) in [6.07, 6.45) is 3.39. The van der Waals surface area contributed by atoms with Crippen LogP contribution in [0.25, 0.3) is 0 Å². The Balaban J connectivity index is 1.37. The summed E-state index contributed by atoms with van der Waals surface area (Å²) in [7, 11) is 0. The lowest BCUT2D eigenvalue weighted by atomic mass is 10.2. The largest absolute Gasteiger partial charge is 0.402 e. The number of ether oxygens (including phenoxy) is 1. The fraction of sp³-hybridized carbons (Fsp3) is 0.200. The van der Waals surface area contributed by atoms with Crippen LogP contribution < -0.4 is 5.32 Å². The quantitative estimate of drug-likeness (QED) is 0.349. The number of cyclic esters (lactones) is 1. The van der Waals surface area contributed by atoms with E-state index in [1.807, 2.05) is 34.1 Å². The highest BCUT2D eigenvalue weighted by Crippen LogP contribution is 2.22. The number of anilines is 1. The highest BCUT2D eigenvalue weighted by Gasteiger charge is 2.27. The molecule has 148 valence electrons. The first kappa shape index (κ1) is 18.9. The van der Waals surface area contributed by atoms with Gasteiger partial charge in [-0.15, -0.1) is 0 Å². The number of carbonyl (C=O) groups is 1. The fourth-order valence-corrected chi connectivity index (χ4v) is 3.25. The van der Waals surface area contributed by atoms with Crippen LogP contribution in [0.3, 0.4) is 0 Å². The topological polar surface area (TPSA) is 93.9 Å². The van der Waals surface area contributed by atoms with Crippen molar-refractivity contribution in [3.63, 3.8) is 0 Å². The normalized spacial score (nSPS) is 17.9. The molecule has 0 aliphatic carbocycles. The Morgan fingerprint density at radius 1 is 1.14 bits per heavy atom. The molecule has 1 aromatic carbocycles. The van der Waals surface area contributed by atoms with Crippen molar-refractivity contribution < 1.29 is 9.53 Å². The molecule has 0 saturated carbocycles. The molecule has 0 unspecified atom stereocenters. The molecule has 1 aromatic heterocycles. The van der Waals surface area contributed by atoms with Gasteiger partial charge in [0.15, 0.2) is 11.7 Å². The zero-order chi connectivity index (χ0) is 20.2. The molecule has 1 saturated heterocycles. The number of esters is 1. The average molecular weight is 411 g/mol. The zero-order valence-electron chi connectivity index (χ0n) is 15.5. The van der Waals surface area contributed by atoms with E-state index in [1.54, 1.807) is 30.6 Å². The van der Waals surface area contributed by atoms with Crippen LogP contribution in [-0.2, 0) is 9.53 Å². The number of aliphatic imine (C=N–C) groups is 1. The van der Waals surface area contributed by atoms with Crippen molar-refractivity contribution in [2.24, 2.45) is 4.99 Å². The predicted molar refractivity (Wildman–Crippen MR) is 111 cm³/mol. The van der Waals surface area contributed by atoms with Gasteiger partial charge in [-0.2, -0.15) is 0 Å². The summed E-state index contributed by atoms with van der Waals surface area (Å²) >= 11 is 6.16. The van der Waals surface area contributed by atoms with Crippen molar-refractivity contribution in [3.05, 3.63) is 71.1 Å². The molecule has 8 nitrogen and oxygen atoms in total. The second kappa shape index (κ2) is 8.32. The van der Waals surface area contributed by atoms with Gasteiger partial charge in [-0.3, -0.25) is 5.41 Å². The number of halogens is 1. The van der Waals surface area contributed by atoms with E-state index in [4.69, 9.17) is 21.7 Å². The van der Waals surface area contributed by atoms with Crippen molar-refractivity contribution in [1.82, 2.24) is 14.8 Å². The van der Waals surface area contributed by atoms with Gasteiger partial charge < -0.3 is 19.9 Å². The number of carbonyl (C=O) groups excluding carboxylic acids is 1. The first-order valence-corrected chi connectivity index (χ1v) is 9.51. The summed E-state index contributed by atoms with van der Waals surface area (Å²) in [6.45, 7) is 2.58. The molecule has 2 N–H and O–H groups in total. The van der Waals surface area contributed by atoms with Gasteiger partial charge in [0.25, 0.3) is 0 Å². The molecular formula is C20H19ClN6O2. The molecule has 1 fully saturated rings. The number of benzene rings is 1. The van der Waals surface area contributed by atoms with Crippen LogP contribution in [0.5, 0.6) is 0 Å². The van der Waals surface area contributed by atoms with Crippen molar-refractivity contribution in [2.45, 2.75) is 0 Å². The van der Waals surface area contributed by atoms with Gasteiger partial charge in [0.2, 0.25) is 5.90 Å². The third kappa shape index (κ3) is 4.38. The molecule has 2 aromatic rings. The Bertz CT molecular complexity index is 983. The number of nitrogens with one attached hydrogen (secondary N) is 2. The summed E-state index contributed by atoms with van der Waals surface area (Å²) in [5, 5.41) is 11.7. The van der Waals surface area contributed by atoms with Crippen LogP contribution in [0.2, 0.25) is 5.02 Å². The molecule has 0 radical (unpaired) electrons. The molecule has 0 bridgehead atoms. The van der Waals surface area contributed by atoms with E-state index >= 15 is 0 Å². The fourth-order valence-electron chi connectivity index (χ4n) is 3.03. The van der Waals surface area contributed by atoms with Crippen molar-refractivity contribution in [2.75, 3.05) is 31.5 Å². The Kier molecular flexibility index (Phi) is 5.44. The summed E-state index contributed by atoms with van der Waals surface area (Å²) in [5.74, 6) is 0.659. The van der Waals surface area contributed by atoms with Gasteiger partial charge >= 0.3 is 5.97 Å². The molecular weight excluding hydrogens is 392 g/mol. The van der Waals surface area contributed by atoms with E-state index in [2.05, 4.69) is 15.3 Å². The third-order valence-electron chi connectivity index (χ3n) is 4.57. The zero-order valence-corrected chi connectivity index (χ0v) is 16.3. The monoisotopic (exact) mass is 410 g/mol. The smallest absolute Gasteiger partial charge is 0.365 e. The number of rotatable bonds is 3. The number of guanidine groups is 1. The standard InChI is InChI=1S/C20H19ClN6O2/c21-15-6-2-1-5-14(15)18-24-16(19(28)29-18)13-26-9-11-27(12-10-26)20(22)25-17-7-3-4-8-23-17/h1-8,13H,9-12H2,(H2,22,23,25). The molecule has 29 heavy (non-hydrogen) atoms. The summed E-state index contributed by atoms with van der Waals surface area (Å²) in [6, 6.07) is 12.6. The molecule has 9 heteroatoms. The lowest BCUT2D eigenvalue weighted by molar-refractivity contribution is -0.130. The van der Waals surface area contributed by atoms with E-state index < -0.39 is 5.97 Å². The van der Waals surface area contributed by atoms with E-state index in [-0.39, 0.29) is 11.6 Å². The van der Waals surface area contributed by atoms with Crippen molar-refractivity contribution in [1.29, 1.82) is 5.41 Å². The molecule has 0 atom stereocenters. The van der Waals surface area contributed by atoms with Crippen molar-refractivity contribution in [3.8, 4) is 0 Å². The molecule has 3 heterocycles. The van der Waals surface area contributed by atoms with E-state index in [1.165, 1.54) is 0 Å². The minimum atomic E-state index is -0.494. The Hall–Kier alpha value is -3.39. The second-order valence-electron chi connectivity index (χ2n) is 6.51. The van der Waals surface area contributed by atoms with E-state index in [0.29, 0.717) is 48.5 Å². The number of hydrogen-bond acceptors (Lipinski definition) is 6. The summed E-state index contributed by atoms with van der Waals surface area (Å²) in [5.41, 5.74) is 0.833. The highest BCUT2D eigenvalue weighted by atomic mass is 35.5. The number of pyridine rings is 1. The van der Waals surface area contributed by atoms with Gasteiger partial charge in [0.1, 0.15) is 5.82 Å².